The van der Waals surface area contributed by atoms with Crippen molar-refractivity contribution in [1.82, 2.24) is 20.2 Å². The van der Waals surface area contributed by atoms with E-state index in [0.29, 0.717) is 18.1 Å². The fourth-order valence-corrected chi connectivity index (χ4v) is 2.88. The zero-order valence-electron chi connectivity index (χ0n) is 13.4. The molecule has 0 unspecified atom stereocenters. The van der Waals surface area contributed by atoms with Crippen LogP contribution in [0.25, 0.3) is 0 Å². The molecular weight excluding hydrogens is 326 g/mol. The van der Waals surface area contributed by atoms with E-state index in [1.165, 1.54) is 0 Å². The Bertz CT molecular complexity index is 674. The number of amides is 1. The van der Waals surface area contributed by atoms with Gasteiger partial charge in [-0.3, -0.25) is 9.69 Å². The van der Waals surface area contributed by atoms with Crippen LogP contribution in [0.4, 0.5) is 5.95 Å². The quantitative estimate of drug-likeness (QED) is 0.891. The molecule has 0 aliphatic carbocycles. The first-order chi connectivity index (χ1) is 11.7. The third-order valence-corrected chi connectivity index (χ3v) is 4.19. The van der Waals surface area contributed by atoms with Gasteiger partial charge in [-0.05, 0) is 23.8 Å². The number of nitrogens with zero attached hydrogens (tertiary/aromatic N) is 4. The van der Waals surface area contributed by atoms with Gasteiger partial charge in [0.25, 0.3) is 0 Å². The van der Waals surface area contributed by atoms with Gasteiger partial charge in [0.05, 0.1) is 6.54 Å². The minimum atomic E-state index is 0.0272. The highest BCUT2D eigenvalue weighted by Crippen LogP contribution is 2.11. The first kappa shape index (κ1) is 16.7. The Morgan fingerprint density at radius 3 is 2.58 bits per heavy atom. The average Bonchev–Trinajstić information content (AvgIpc) is 2.61. The summed E-state index contributed by atoms with van der Waals surface area (Å²) in [6.07, 6.45) is 3.50. The molecule has 7 heteroatoms. The Balaban J connectivity index is 1.42. The van der Waals surface area contributed by atoms with Gasteiger partial charge in [0.2, 0.25) is 11.9 Å². The number of piperazine rings is 1. The van der Waals surface area contributed by atoms with Crippen molar-refractivity contribution in [1.29, 1.82) is 0 Å². The predicted octanol–water partition coefficient (Wildman–Crippen LogP) is 1.57. The van der Waals surface area contributed by atoms with Crippen LogP contribution in [0.5, 0.6) is 0 Å². The number of nitrogens with one attached hydrogen (secondary N) is 1. The van der Waals surface area contributed by atoms with E-state index in [2.05, 4.69) is 25.1 Å². The number of benzene rings is 1. The lowest BCUT2D eigenvalue weighted by Gasteiger charge is -2.34. The number of hydrogen-bond donors (Lipinski definition) is 1. The Kier molecular flexibility index (Phi) is 5.61. The molecule has 2 heterocycles. The van der Waals surface area contributed by atoms with Crippen LogP contribution < -0.4 is 10.2 Å². The minimum absolute atomic E-state index is 0.0272. The zero-order valence-corrected chi connectivity index (χ0v) is 14.1. The molecule has 6 nitrogen and oxygen atoms in total. The summed E-state index contributed by atoms with van der Waals surface area (Å²) >= 11 is 5.94. The molecule has 0 atom stereocenters. The molecule has 1 aliphatic rings. The molecule has 1 N–H and O–H groups in total. The van der Waals surface area contributed by atoms with E-state index in [-0.39, 0.29) is 5.91 Å². The van der Waals surface area contributed by atoms with E-state index in [4.69, 9.17) is 11.6 Å². The second kappa shape index (κ2) is 8.08. The summed E-state index contributed by atoms with van der Waals surface area (Å²) in [7, 11) is 0. The fraction of sp³-hybridized carbons (Fsp3) is 0.353. The lowest BCUT2D eigenvalue weighted by Crippen LogP contribution is -2.49. The van der Waals surface area contributed by atoms with Gasteiger partial charge >= 0.3 is 0 Å². The van der Waals surface area contributed by atoms with Gasteiger partial charge in [-0.2, -0.15) is 0 Å². The van der Waals surface area contributed by atoms with Gasteiger partial charge < -0.3 is 10.2 Å². The van der Waals surface area contributed by atoms with Crippen molar-refractivity contribution in [2.24, 2.45) is 0 Å². The first-order valence-electron chi connectivity index (χ1n) is 7.96. The van der Waals surface area contributed by atoms with E-state index in [1.54, 1.807) is 12.4 Å². The SMILES string of the molecule is O=C(CN1CCN(c2ncccn2)CC1)NCc1cccc(Cl)c1. The van der Waals surface area contributed by atoms with E-state index in [9.17, 15) is 4.79 Å². The van der Waals surface area contributed by atoms with Gasteiger partial charge in [0.15, 0.2) is 0 Å². The van der Waals surface area contributed by atoms with Crippen LogP contribution >= 0.6 is 11.6 Å². The standard InChI is InChI=1S/C17H20ClN5O/c18-15-4-1-3-14(11-15)12-21-16(24)13-22-7-9-23(10-8-22)17-19-5-2-6-20-17/h1-6,11H,7-10,12-13H2,(H,21,24). The van der Waals surface area contributed by atoms with E-state index in [0.717, 1.165) is 37.7 Å². The monoisotopic (exact) mass is 345 g/mol. The maximum Gasteiger partial charge on any atom is 0.234 e. The van der Waals surface area contributed by atoms with Crippen molar-refractivity contribution < 1.29 is 4.79 Å². The second-order valence-electron chi connectivity index (χ2n) is 5.72. The molecular formula is C17H20ClN5O. The second-order valence-corrected chi connectivity index (χ2v) is 6.16. The molecule has 24 heavy (non-hydrogen) atoms. The Morgan fingerprint density at radius 1 is 1.12 bits per heavy atom. The molecule has 1 saturated heterocycles. The summed E-state index contributed by atoms with van der Waals surface area (Å²) in [6.45, 7) is 4.20. The summed E-state index contributed by atoms with van der Waals surface area (Å²) < 4.78 is 0. The van der Waals surface area contributed by atoms with E-state index >= 15 is 0 Å². The lowest BCUT2D eigenvalue weighted by atomic mass is 10.2. The van der Waals surface area contributed by atoms with Crippen LogP contribution in [0.15, 0.2) is 42.7 Å². The van der Waals surface area contributed by atoms with Gasteiger partial charge in [-0.15, -0.1) is 0 Å². The van der Waals surface area contributed by atoms with Crippen LogP contribution in [-0.2, 0) is 11.3 Å². The number of carbonyl (C=O) groups is 1. The largest absolute Gasteiger partial charge is 0.351 e. The van der Waals surface area contributed by atoms with E-state index in [1.807, 2.05) is 30.3 Å². The van der Waals surface area contributed by atoms with Gasteiger partial charge in [-0.25, -0.2) is 9.97 Å². The van der Waals surface area contributed by atoms with Crippen molar-refractivity contribution in [3.05, 3.63) is 53.3 Å². The molecule has 0 radical (unpaired) electrons. The maximum atomic E-state index is 12.1. The molecule has 1 aromatic carbocycles. The Labute approximate surface area is 146 Å². The molecule has 0 bridgehead atoms. The zero-order chi connectivity index (χ0) is 16.8. The molecule has 1 aliphatic heterocycles. The third-order valence-electron chi connectivity index (χ3n) is 3.95. The predicted molar refractivity (Wildman–Crippen MR) is 94.0 cm³/mol. The van der Waals surface area contributed by atoms with Crippen molar-refractivity contribution in [2.75, 3.05) is 37.6 Å². The van der Waals surface area contributed by atoms with Crippen LogP contribution in [0.3, 0.4) is 0 Å². The minimum Gasteiger partial charge on any atom is -0.351 e. The Hall–Kier alpha value is -2.18. The molecule has 1 fully saturated rings. The van der Waals surface area contributed by atoms with Crippen LogP contribution in [0.2, 0.25) is 5.02 Å². The summed E-state index contributed by atoms with van der Waals surface area (Å²) in [5.41, 5.74) is 1.00. The average molecular weight is 346 g/mol. The third kappa shape index (κ3) is 4.66. The maximum absolute atomic E-state index is 12.1. The topological polar surface area (TPSA) is 61.4 Å². The summed E-state index contributed by atoms with van der Waals surface area (Å²) in [4.78, 5) is 24.9. The number of halogens is 1. The number of aromatic nitrogens is 2. The van der Waals surface area contributed by atoms with Gasteiger partial charge in [0, 0.05) is 50.1 Å². The molecule has 126 valence electrons. The van der Waals surface area contributed by atoms with Crippen molar-refractivity contribution in [2.45, 2.75) is 6.54 Å². The molecule has 0 saturated carbocycles. The van der Waals surface area contributed by atoms with E-state index < -0.39 is 0 Å². The molecule has 0 spiro atoms. The number of carbonyl (C=O) groups excluding carboxylic acids is 1. The highest BCUT2D eigenvalue weighted by atomic mass is 35.5. The van der Waals surface area contributed by atoms with Gasteiger partial charge in [0.1, 0.15) is 0 Å². The van der Waals surface area contributed by atoms with Crippen molar-refractivity contribution in [3.63, 3.8) is 0 Å². The smallest absolute Gasteiger partial charge is 0.234 e. The van der Waals surface area contributed by atoms with Crippen molar-refractivity contribution in [3.8, 4) is 0 Å². The molecule has 2 aromatic rings. The number of anilines is 1. The lowest BCUT2D eigenvalue weighted by molar-refractivity contribution is -0.122. The summed E-state index contributed by atoms with van der Waals surface area (Å²) in [5, 5.41) is 3.62. The molecule has 1 aromatic heterocycles. The summed E-state index contributed by atoms with van der Waals surface area (Å²) in [6, 6.07) is 9.33. The Morgan fingerprint density at radius 2 is 1.88 bits per heavy atom. The highest BCUT2D eigenvalue weighted by molar-refractivity contribution is 6.30. The normalized spacial score (nSPS) is 15.3. The van der Waals surface area contributed by atoms with Crippen LogP contribution in [0.1, 0.15) is 5.56 Å². The molecule has 3 rings (SSSR count). The van der Waals surface area contributed by atoms with Crippen LogP contribution in [-0.4, -0.2) is 53.5 Å². The van der Waals surface area contributed by atoms with Crippen LogP contribution in [0, 0.1) is 0 Å². The van der Waals surface area contributed by atoms with Gasteiger partial charge in [-0.1, -0.05) is 23.7 Å². The van der Waals surface area contributed by atoms with Crippen molar-refractivity contribution >= 4 is 23.5 Å². The molecule has 1 amide bonds. The summed E-state index contributed by atoms with van der Waals surface area (Å²) in [5.74, 6) is 0.780. The highest BCUT2D eigenvalue weighted by Gasteiger charge is 2.20. The number of rotatable bonds is 5. The number of hydrogen-bond acceptors (Lipinski definition) is 5. The first-order valence-corrected chi connectivity index (χ1v) is 8.34. The fourth-order valence-electron chi connectivity index (χ4n) is 2.67.